The van der Waals surface area contributed by atoms with Crippen molar-refractivity contribution in [2.45, 2.75) is 24.7 Å². The Hall–Kier alpha value is -1.74. The zero-order chi connectivity index (χ0) is 14.5. The zero-order valence-electron chi connectivity index (χ0n) is 12.1. The van der Waals surface area contributed by atoms with Gasteiger partial charge in [-0.15, -0.1) is 11.8 Å². The number of hydrogen-bond acceptors (Lipinski definition) is 2. The minimum Gasteiger partial charge on any atom is -0.383 e. The van der Waals surface area contributed by atoms with E-state index in [1.165, 1.54) is 10.5 Å². The summed E-state index contributed by atoms with van der Waals surface area (Å²) >= 11 is 1.72. The van der Waals surface area contributed by atoms with Crippen molar-refractivity contribution >= 4 is 23.3 Å². The Bertz CT molecular complexity index is 583. The van der Waals surface area contributed by atoms with Crippen LogP contribution in [0.5, 0.6) is 0 Å². The molecule has 0 saturated carbocycles. The van der Waals surface area contributed by atoms with E-state index in [-0.39, 0.29) is 0 Å². The van der Waals surface area contributed by atoms with E-state index in [4.69, 9.17) is 5.73 Å². The van der Waals surface area contributed by atoms with Gasteiger partial charge in [-0.05, 0) is 42.0 Å². The summed E-state index contributed by atoms with van der Waals surface area (Å²) in [5, 5.41) is 0. The van der Waals surface area contributed by atoms with Crippen LogP contribution in [0, 0.1) is 0 Å². The summed E-state index contributed by atoms with van der Waals surface area (Å²) < 4.78 is 0. The monoisotopic (exact) mass is 284 g/mol. The quantitative estimate of drug-likeness (QED) is 0.507. The minimum absolute atomic E-state index is 0.532. The molecule has 2 N–H and O–H groups in total. The Morgan fingerprint density at radius 1 is 1.00 bits per heavy atom. The molecular formula is C17H20N2S. The maximum absolute atomic E-state index is 6.06. The molecule has 0 aliphatic carbocycles. The molecule has 0 fully saturated rings. The fraction of sp³-hybridized carbons (Fsp3) is 0.235. The second-order valence-corrected chi connectivity index (χ2v) is 5.85. The van der Waals surface area contributed by atoms with Crippen molar-refractivity contribution in [2.24, 2.45) is 10.7 Å². The van der Waals surface area contributed by atoms with Gasteiger partial charge in [-0.2, -0.15) is 0 Å². The summed E-state index contributed by atoms with van der Waals surface area (Å²) in [6.07, 6.45) is 2.06. The summed E-state index contributed by atoms with van der Waals surface area (Å²) in [5.74, 6) is 1.08. The predicted molar refractivity (Wildman–Crippen MR) is 89.1 cm³/mol. The average Bonchev–Trinajstić information content (AvgIpc) is 2.48. The van der Waals surface area contributed by atoms with Gasteiger partial charge in [-0.3, -0.25) is 0 Å². The molecule has 0 aromatic heterocycles. The highest BCUT2D eigenvalue weighted by atomic mass is 32.2. The molecule has 0 atom stereocenters. The molecule has 0 aliphatic heterocycles. The molecule has 2 rings (SSSR count). The van der Waals surface area contributed by atoms with E-state index in [9.17, 15) is 0 Å². The average molecular weight is 284 g/mol. The molecule has 0 spiro atoms. The summed E-state index contributed by atoms with van der Waals surface area (Å²) in [6.45, 7) is 4.36. The summed E-state index contributed by atoms with van der Waals surface area (Å²) in [6, 6.07) is 16.4. The molecule has 0 radical (unpaired) electrons. The molecule has 0 amide bonds. The first-order chi connectivity index (χ1) is 9.60. The van der Waals surface area contributed by atoms with Gasteiger partial charge < -0.3 is 5.73 Å². The van der Waals surface area contributed by atoms with E-state index in [0.717, 1.165) is 11.3 Å². The van der Waals surface area contributed by atoms with Gasteiger partial charge in [0.25, 0.3) is 0 Å². The van der Waals surface area contributed by atoms with Crippen molar-refractivity contribution in [3.63, 3.8) is 0 Å². The van der Waals surface area contributed by atoms with Crippen LogP contribution in [-0.4, -0.2) is 12.1 Å². The normalized spacial score (nSPS) is 11.9. The first-order valence-electron chi connectivity index (χ1n) is 6.68. The third kappa shape index (κ3) is 3.64. The lowest BCUT2D eigenvalue weighted by molar-refractivity contribution is 0.867. The number of rotatable bonds is 4. The number of benzene rings is 2. The van der Waals surface area contributed by atoms with Crippen molar-refractivity contribution in [1.82, 2.24) is 0 Å². The second kappa shape index (κ2) is 6.62. The van der Waals surface area contributed by atoms with Crippen LogP contribution in [0.25, 0.3) is 0 Å². The van der Waals surface area contributed by atoms with Crippen LogP contribution in [0.1, 0.15) is 30.9 Å². The van der Waals surface area contributed by atoms with Gasteiger partial charge in [0.15, 0.2) is 0 Å². The van der Waals surface area contributed by atoms with Gasteiger partial charge >= 0.3 is 0 Å². The van der Waals surface area contributed by atoms with Crippen LogP contribution in [0.2, 0.25) is 0 Å². The fourth-order valence-electron chi connectivity index (χ4n) is 1.90. The van der Waals surface area contributed by atoms with Crippen molar-refractivity contribution in [3.8, 4) is 0 Å². The standard InChI is InChI=1S/C17H20N2S/c1-12(2)13-4-8-15(9-5-13)19-17(18)14-6-10-16(20-3)11-7-14/h4-12H,1-3H3,(H2,18,19). The molecule has 2 nitrogen and oxygen atoms in total. The molecule has 104 valence electrons. The van der Waals surface area contributed by atoms with E-state index < -0.39 is 0 Å². The molecule has 0 heterocycles. The molecule has 0 unspecified atom stereocenters. The second-order valence-electron chi connectivity index (χ2n) is 4.97. The Labute approximate surface area is 125 Å². The van der Waals surface area contributed by atoms with Gasteiger partial charge in [0.2, 0.25) is 0 Å². The topological polar surface area (TPSA) is 38.4 Å². The highest BCUT2D eigenvalue weighted by Gasteiger charge is 2.01. The molecule has 0 saturated heterocycles. The summed E-state index contributed by atoms with van der Waals surface area (Å²) in [7, 11) is 0. The lowest BCUT2D eigenvalue weighted by Gasteiger charge is -2.06. The van der Waals surface area contributed by atoms with E-state index in [2.05, 4.69) is 49.4 Å². The number of nitrogens with zero attached hydrogens (tertiary/aromatic N) is 1. The van der Waals surface area contributed by atoms with E-state index in [1.807, 2.05) is 24.3 Å². The van der Waals surface area contributed by atoms with Gasteiger partial charge in [0.05, 0.1) is 5.69 Å². The SMILES string of the molecule is CSc1ccc(C(N)=Nc2ccc(C(C)C)cc2)cc1. The Balaban J connectivity index is 2.20. The fourth-order valence-corrected chi connectivity index (χ4v) is 2.31. The number of hydrogen-bond donors (Lipinski definition) is 1. The molecule has 0 bridgehead atoms. The predicted octanol–water partition coefficient (Wildman–Crippen LogP) is 4.57. The van der Waals surface area contributed by atoms with Crippen LogP contribution in [-0.2, 0) is 0 Å². The van der Waals surface area contributed by atoms with Crippen molar-refractivity contribution < 1.29 is 0 Å². The maximum atomic E-state index is 6.06. The van der Waals surface area contributed by atoms with Gasteiger partial charge in [-0.25, -0.2) is 4.99 Å². The Morgan fingerprint density at radius 3 is 2.10 bits per heavy atom. The van der Waals surface area contributed by atoms with Gasteiger partial charge in [-0.1, -0.05) is 38.1 Å². The first kappa shape index (κ1) is 14.7. The van der Waals surface area contributed by atoms with Crippen LogP contribution in [0.15, 0.2) is 58.4 Å². The minimum atomic E-state index is 0.532. The molecular weight excluding hydrogens is 264 g/mol. The molecule has 0 aliphatic rings. The van der Waals surface area contributed by atoms with Crippen LogP contribution >= 0.6 is 11.8 Å². The number of nitrogens with two attached hydrogens (primary N) is 1. The third-order valence-corrected chi connectivity index (χ3v) is 3.94. The van der Waals surface area contributed by atoms with E-state index in [0.29, 0.717) is 11.8 Å². The van der Waals surface area contributed by atoms with E-state index >= 15 is 0 Å². The first-order valence-corrected chi connectivity index (χ1v) is 7.91. The largest absolute Gasteiger partial charge is 0.383 e. The maximum Gasteiger partial charge on any atom is 0.131 e. The van der Waals surface area contributed by atoms with Crippen LogP contribution < -0.4 is 5.73 Å². The summed E-state index contributed by atoms with van der Waals surface area (Å²) in [4.78, 5) is 5.70. The Morgan fingerprint density at radius 2 is 1.60 bits per heavy atom. The lowest BCUT2D eigenvalue weighted by atomic mass is 10.0. The smallest absolute Gasteiger partial charge is 0.131 e. The lowest BCUT2D eigenvalue weighted by Crippen LogP contribution is -2.12. The number of amidine groups is 1. The van der Waals surface area contributed by atoms with Gasteiger partial charge in [0, 0.05) is 10.5 Å². The molecule has 20 heavy (non-hydrogen) atoms. The van der Waals surface area contributed by atoms with Crippen molar-refractivity contribution in [3.05, 3.63) is 59.7 Å². The third-order valence-electron chi connectivity index (χ3n) is 3.20. The van der Waals surface area contributed by atoms with E-state index in [1.54, 1.807) is 11.8 Å². The van der Waals surface area contributed by atoms with Crippen molar-refractivity contribution in [2.75, 3.05) is 6.26 Å². The summed E-state index contributed by atoms with van der Waals surface area (Å²) in [5.41, 5.74) is 9.22. The van der Waals surface area contributed by atoms with Crippen LogP contribution in [0.4, 0.5) is 5.69 Å². The highest BCUT2D eigenvalue weighted by Crippen LogP contribution is 2.20. The zero-order valence-corrected chi connectivity index (χ0v) is 12.9. The van der Waals surface area contributed by atoms with Gasteiger partial charge in [0.1, 0.15) is 5.84 Å². The highest BCUT2D eigenvalue weighted by molar-refractivity contribution is 7.98. The number of aliphatic imine (C=N–C) groups is 1. The van der Waals surface area contributed by atoms with Crippen molar-refractivity contribution in [1.29, 1.82) is 0 Å². The molecule has 2 aromatic carbocycles. The molecule has 2 aromatic rings. The Kier molecular flexibility index (Phi) is 4.85. The van der Waals surface area contributed by atoms with Crippen LogP contribution in [0.3, 0.4) is 0 Å². The number of thioether (sulfide) groups is 1. The molecule has 3 heteroatoms.